The van der Waals surface area contributed by atoms with E-state index in [1.807, 2.05) is 23.3 Å². The number of ether oxygens (including phenoxy) is 1. The first-order valence-corrected chi connectivity index (χ1v) is 6.77. The van der Waals surface area contributed by atoms with Crippen molar-refractivity contribution in [1.82, 2.24) is 4.90 Å². The van der Waals surface area contributed by atoms with Gasteiger partial charge in [-0.25, -0.2) is 0 Å². The molecule has 2 heterocycles. The molecule has 0 N–H and O–H groups in total. The van der Waals surface area contributed by atoms with E-state index in [0.717, 1.165) is 8.45 Å². The van der Waals surface area contributed by atoms with Crippen molar-refractivity contribution in [3.05, 3.63) is 19.9 Å². The second-order valence-corrected chi connectivity index (χ2v) is 6.37. The largest absolute Gasteiger partial charge is 0.377 e. The van der Waals surface area contributed by atoms with Crippen LogP contribution in [0.1, 0.15) is 17.3 Å². The Balaban J connectivity index is 2.13. The van der Waals surface area contributed by atoms with E-state index in [2.05, 4.69) is 22.6 Å². The van der Waals surface area contributed by atoms with E-state index < -0.39 is 0 Å². The molecular weight excluding hydrogens is 325 g/mol. The summed E-state index contributed by atoms with van der Waals surface area (Å²) < 4.78 is 6.46. The summed E-state index contributed by atoms with van der Waals surface area (Å²) in [5, 5.41) is 1.92. The van der Waals surface area contributed by atoms with Gasteiger partial charge in [0.1, 0.15) is 0 Å². The zero-order valence-electron chi connectivity index (χ0n) is 8.40. The third-order valence-corrected chi connectivity index (χ3v) is 4.23. The molecule has 1 aliphatic rings. The van der Waals surface area contributed by atoms with Gasteiger partial charge in [0.2, 0.25) is 0 Å². The molecule has 5 heteroatoms. The van der Waals surface area contributed by atoms with Gasteiger partial charge in [0.05, 0.1) is 27.7 Å². The van der Waals surface area contributed by atoms with Crippen molar-refractivity contribution in [3.63, 3.8) is 0 Å². The van der Waals surface area contributed by atoms with Crippen molar-refractivity contribution >= 4 is 39.8 Å². The van der Waals surface area contributed by atoms with Crippen LogP contribution in [0.4, 0.5) is 0 Å². The number of halogens is 1. The Bertz CT molecular complexity index is 366. The summed E-state index contributed by atoms with van der Waals surface area (Å²) in [5.41, 5.74) is 0.804. The second kappa shape index (κ2) is 4.80. The molecular formula is C10H12INO2S. The Labute approximate surface area is 107 Å². The highest BCUT2D eigenvalue weighted by atomic mass is 127. The van der Waals surface area contributed by atoms with Crippen molar-refractivity contribution in [2.75, 3.05) is 19.8 Å². The van der Waals surface area contributed by atoms with Crippen LogP contribution < -0.4 is 0 Å². The van der Waals surface area contributed by atoms with Crippen LogP contribution in [0.5, 0.6) is 0 Å². The van der Waals surface area contributed by atoms with Gasteiger partial charge in [-0.15, -0.1) is 11.3 Å². The summed E-state index contributed by atoms with van der Waals surface area (Å²) in [6, 6.07) is 2.12. The van der Waals surface area contributed by atoms with Crippen molar-refractivity contribution < 1.29 is 9.53 Å². The Morgan fingerprint density at radius 1 is 1.73 bits per heavy atom. The van der Waals surface area contributed by atoms with Gasteiger partial charge in [0, 0.05) is 11.9 Å². The van der Waals surface area contributed by atoms with E-state index in [0.29, 0.717) is 19.8 Å². The summed E-state index contributed by atoms with van der Waals surface area (Å²) in [7, 11) is 0. The Hall–Kier alpha value is -0.140. The van der Waals surface area contributed by atoms with Gasteiger partial charge in [-0.05, 0) is 35.6 Å². The smallest absolute Gasteiger partial charge is 0.255 e. The van der Waals surface area contributed by atoms with Crippen LogP contribution in [0.3, 0.4) is 0 Å². The zero-order valence-corrected chi connectivity index (χ0v) is 11.4. The summed E-state index contributed by atoms with van der Waals surface area (Å²) >= 11 is 3.84. The first-order chi connectivity index (χ1) is 7.18. The van der Waals surface area contributed by atoms with Crippen LogP contribution in [0.15, 0.2) is 11.4 Å². The van der Waals surface area contributed by atoms with Gasteiger partial charge in [-0.2, -0.15) is 0 Å². The summed E-state index contributed by atoms with van der Waals surface area (Å²) in [6.07, 6.45) is 0. The molecule has 0 spiro atoms. The number of rotatable bonds is 1. The van der Waals surface area contributed by atoms with Gasteiger partial charge in [-0.3, -0.25) is 4.79 Å². The fourth-order valence-electron chi connectivity index (χ4n) is 1.62. The fourth-order valence-corrected chi connectivity index (χ4v) is 2.94. The number of morpholine rings is 1. The number of amides is 1. The molecule has 1 saturated heterocycles. The molecule has 3 nitrogen and oxygen atoms in total. The van der Waals surface area contributed by atoms with E-state index in [9.17, 15) is 4.79 Å². The standard InChI is InChI=1S/C10H12INO2S/c1-7-5-14-3-2-12(7)10(13)8-4-9(11)15-6-8/h4,6-7H,2-3,5H2,1H3/t7-/m1/s1. The SMILES string of the molecule is C[C@@H]1COCCN1C(=O)c1csc(I)c1. The van der Waals surface area contributed by atoms with E-state index in [-0.39, 0.29) is 11.9 Å². The Kier molecular flexibility index (Phi) is 3.63. The van der Waals surface area contributed by atoms with E-state index in [1.165, 1.54) is 0 Å². The Morgan fingerprint density at radius 2 is 2.53 bits per heavy atom. The van der Waals surface area contributed by atoms with Gasteiger partial charge < -0.3 is 9.64 Å². The molecule has 15 heavy (non-hydrogen) atoms. The molecule has 1 aromatic heterocycles. The lowest BCUT2D eigenvalue weighted by Gasteiger charge is -2.33. The van der Waals surface area contributed by atoms with Gasteiger partial charge in [-0.1, -0.05) is 0 Å². The molecule has 1 fully saturated rings. The first-order valence-electron chi connectivity index (χ1n) is 4.81. The topological polar surface area (TPSA) is 29.5 Å². The monoisotopic (exact) mass is 337 g/mol. The van der Waals surface area contributed by atoms with E-state index >= 15 is 0 Å². The molecule has 0 saturated carbocycles. The molecule has 0 aromatic carbocycles. The highest BCUT2D eigenvalue weighted by molar-refractivity contribution is 14.1. The molecule has 0 unspecified atom stereocenters. The molecule has 1 aromatic rings. The van der Waals surface area contributed by atoms with Crippen molar-refractivity contribution in [3.8, 4) is 0 Å². The van der Waals surface area contributed by atoms with Crippen LogP contribution in [0.2, 0.25) is 0 Å². The first kappa shape index (κ1) is 11.3. The number of hydrogen-bond donors (Lipinski definition) is 0. The molecule has 1 amide bonds. The lowest BCUT2D eigenvalue weighted by Crippen LogP contribution is -2.46. The van der Waals surface area contributed by atoms with Gasteiger partial charge in [0.15, 0.2) is 0 Å². The highest BCUT2D eigenvalue weighted by Gasteiger charge is 2.25. The third-order valence-electron chi connectivity index (χ3n) is 2.44. The number of thiophene rings is 1. The quantitative estimate of drug-likeness (QED) is 0.736. The fraction of sp³-hybridized carbons (Fsp3) is 0.500. The molecule has 0 aliphatic carbocycles. The van der Waals surface area contributed by atoms with Crippen LogP contribution in [0, 0.1) is 2.88 Å². The molecule has 1 aliphatic heterocycles. The van der Waals surface area contributed by atoms with E-state index in [4.69, 9.17) is 4.74 Å². The maximum Gasteiger partial charge on any atom is 0.255 e. The lowest BCUT2D eigenvalue weighted by molar-refractivity contribution is 0.00362. The summed E-state index contributed by atoms with van der Waals surface area (Å²) in [4.78, 5) is 14.0. The van der Waals surface area contributed by atoms with Crippen molar-refractivity contribution in [2.24, 2.45) is 0 Å². The molecule has 0 bridgehead atoms. The van der Waals surface area contributed by atoms with Crippen LogP contribution in [0.25, 0.3) is 0 Å². The highest BCUT2D eigenvalue weighted by Crippen LogP contribution is 2.19. The number of carbonyl (C=O) groups excluding carboxylic acids is 1. The minimum Gasteiger partial charge on any atom is -0.377 e. The van der Waals surface area contributed by atoms with Gasteiger partial charge in [0.25, 0.3) is 5.91 Å². The number of carbonyl (C=O) groups is 1. The minimum absolute atomic E-state index is 0.130. The van der Waals surface area contributed by atoms with Gasteiger partial charge >= 0.3 is 0 Å². The van der Waals surface area contributed by atoms with E-state index in [1.54, 1.807) is 11.3 Å². The second-order valence-electron chi connectivity index (χ2n) is 3.56. The summed E-state index contributed by atoms with van der Waals surface area (Å²) in [5.74, 6) is 0.130. The minimum atomic E-state index is 0.130. The average Bonchev–Trinajstić information content (AvgIpc) is 2.65. The average molecular weight is 337 g/mol. The number of hydrogen-bond acceptors (Lipinski definition) is 3. The van der Waals surface area contributed by atoms with Crippen LogP contribution in [-0.2, 0) is 4.74 Å². The number of nitrogens with zero attached hydrogens (tertiary/aromatic N) is 1. The Morgan fingerprint density at radius 3 is 3.13 bits per heavy atom. The van der Waals surface area contributed by atoms with Crippen molar-refractivity contribution in [1.29, 1.82) is 0 Å². The molecule has 0 radical (unpaired) electrons. The predicted octanol–water partition coefficient (Wildman–Crippen LogP) is 2.21. The maximum absolute atomic E-state index is 12.1. The molecule has 82 valence electrons. The normalized spacial score (nSPS) is 21.7. The predicted molar refractivity (Wildman–Crippen MR) is 68.4 cm³/mol. The maximum atomic E-state index is 12.1. The third kappa shape index (κ3) is 2.51. The van der Waals surface area contributed by atoms with Crippen LogP contribution in [-0.4, -0.2) is 36.6 Å². The van der Waals surface area contributed by atoms with Crippen molar-refractivity contribution in [2.45, 2.75) is 13.0 Å². The molecule has 1 atom stereocenters. The lowest BCUT2D eigenvalue weighted by atomic mass is 10.2. The zero-order chi connectivity index (χ0) is 10.8. The van der Waals surface area contributed by atoms with Crippen LogP contribution >= 0.6 is 33.9 Å². The molecule has 2 rings (SSSR count). The summed E-state index contributed by atoms with van der Waals surface area (Å²) in [6.45, 7) is 4.02.